The van der Waals surface area contributed by atoms with Gasteiger partial charge in [-0.3, -0.25) is 4.79 Å². The predicted octanol–water partition coefficient (Wildman–Crippen LogP) is 4.38. The summed E-state index contributed by atoms with van der Waals surface area (Å²) >= 11 is 1.47. The van der Waals surface area contributed by atoms with Gasteiger partial charge in [0.1, 0.15) is 5.82 Å². The van der Waals surface area contributed by atoms with E-state index in [1.807, 2.05) is 24.3 Å². The van der Waals surface area contributed by atoms with Crippen LogP contribution in [-0.2, 0) is 10.3 Å². The summed E-state index contributed by atoms with van der Waals surface area (Å²) in [7, 11) is 0. The van der Waals surface area contributed by atoms with E-state index in [1.54, 1.807) is 12.1 Å². The molecule has 0 atom stereocenters. The minimum absolute atomic E-state index is 0.277. The molecule has 148 valence electrons. The zero-order chi connectivity index (χ0) is 20.0. The van der Waals surface area contributed by atoms with E-state index in [4.69, 9.17) is 5.73 Å². The molecule has 7 heteroatoms. The Bertz CT molecular complexity index is 836. The van der Waals surface area contributed by atoms with Gasteiger partial charge in [0.15, 0.2) is 0 Å². The highest BCUT2D eigenvalue weighted by Crippen LogP contribution is 2.39. The minimum Gasteiger partial charge on any atom is -0.370 e. The molecule has 1 saturated carbocycles. The highest BCUT2D eigenvalue weighted by Gasteiger charge is 2.37. The molecule has 3 rings (SSSR count). The molecule has 1 aliphatic rings. The van der Waals surface area contributed by atoms with Crippen molar-refractivity contribution in [2.45, 2.75) is 42.5 Å². The highest BCUT2D eigenvalue weighted by atomic mass is 32.2. The van der Waals surface area contributed by atoms with Gasteiger partial charge in [-0.15, -0.1) is 11.8 Å². The fraction of sp³-hybridized carbons (Fsp3) is 0.333. The van der Waals surface area contributed by atoms with Gasteiger partial charge < -0.3 is 16.4 Å². The monoisotopic (exact) mass is 401 g/mol. The summed E-state index contributed by atoms with van der Waals surface area (Å²) in [5.74, 6) is -0.0868. The number of carbonyl (C=O) groups is 2. The van der Waals surface area contributed by atoms with Crippen molar-refractivity contribution in [3.63, 3.8) is 0 Å². The smallest absolute Gasteiger partial charge is 0.319 e. The Balaban J connectivity index is 1.70. The van der Waals surface area contributed by atoms with E-state index in [1.165, 1.54) is 23.9 Å². The molecule has 2 aromatic carbocycles. The number of hydrogen-bond donors (Lipinski definition) is 3. The Labute approximate surface area is 168 Å². The number of benzene rings is 2. The van der Waals surface area contributed by atoms with E-state index in [0.717, 1.165) is 36.1 Å². The third-order valence-electron chi connectivity index (χ3n) is 4.95. The molecule has 28 heavy (non-hydrogen) atoms. The van der Waals surface area contributed by atoms with Crippen molar-refractivity contribution in [3.05, 3.63) is 59.9 Å². The Kier molecular flexibility index (Phi) is 6.57. The summed E-state index contributed by atoms with van der Waals surface area (Å²) in [6, 6.07) is 13.5. The zero-order valence-electron chi connectivity index (χ0n) is 15.5. The largest absolute Gasteiger partial charge is 0.370 e. The number of anilines is 1. The van der Waals surface area contributed by atoms with Crippen molar-refractivity contribution in [1.82, 2.24) is 5.32 Å². The van der Waals surface area contributed by atoms with Crippen LogP contribution in [0.4, 0.5) is 14.9 Å². The summed E-state index contributed by atoms with van der Waals surface area (Å²) in [5.41, 5.74) is 6.31. The molecule has 0 aromatic heterocycles. The number of carbonyl (C=O) groups excluding carboxylic acids is 2. The number of urea groups is 1. The third-order valence-corrected chi connectivity index (χ3v) is 6.02. The number of nitrogens with two attached hydrogens (primary N) is 1. The maximum atomic E-state index is 13.3. The van der Waals surface area contributed by atoms with Gasteiger partial charge in [-0.05, 0) is 42.7 Å². The molecule has 0 radical (unpaired) electrons. The van der Waals surface area contributed by atoms with Crippen molar-refractivity contribution >= 4 is 29.4 Å². The van der Waals surface area contributed by atoms with E-state index in [9.17, 15) is 14.0 Å². The van der Waals surface area contributed by atoms with E-state index < -0.39 is 5.54 Å². The fourth-order valence-corrected chi connectivity index (χ4v) is 4.53. The topological polar surface area (TPSA) is 84.2 Å². The second-order valence-electron chi connectivity index (χ2n) is 6.94. The Hall–Kier alpha value is -2.54. The molecule has 0 heterocycles. The number of halogens is 1. The SMILES string of the molecule is NC(=O)CCSc1ccccc1NC(=O)NC1(c2ccc(F)cc2)CCCC1. The molecule has 0 saturated heterocycles. The van der Waals surface area contributed by atoms with Crippen molar-refractivity contribution in [2.75, 3.05) is 11.1 Å². The van der Waals surface area contributed by atoms with Crippen LogP contribution < -0.4 is 16.4 Å². The highest BCUT2D eigenvalue weighted by molar-refractivity contribution is 7.99. The zero-order valence-corrected chi connectivity index (χ0v) is 16.4. The van der Waals surface area contributed by atoms with Crippen LogP contribution >= 0.6 is 11.8 Å². The Morgan fingerprint density at radius 2 is 1.75 bits per heavy atom. The van der Waals surface area contributed by atoms with Crippen LogP contribution in [0.5, 0.6) is 0 Å². The first kappa shape index (κ1) is 20.2. The van der Waals surface area contributed by atoms with Crippen LogP contribution in [0.1, 0.15) is 37.7 Å². The molecule has 0 aliphatic heterocycles. The van der Waals surface area contributed by atoms with Gasteiger partial charge in [0, 0.05) is 17.1 Å². The quantitative estimate of drug-likeness (QED) is 0.602. The molecule has 1 fully saturated rings. The van der Waals surface area contributed by atoms with Crippen LogP contribution in [0.15, 0.2) is 53.4 Å². The van der Waals surface area contributed by atoms with Gasteiger partial charge in [-0.1, -0.05) is 37.1 Å². The van der Waals surface area contributed by atoms with Gasteiger partial charge in [-0.2, -0.15) is 0 Å². The molecule has 2 aromatic rings. The minimum atomic E-state index is -0.480. The summed E-state index contributed by atoms with van der Waals surface area (Å²) in [4.78, 5) is 24.6. The lowest BCUT2D eigenvalue weighted by atomic mass is 9.88. The lowest BCUT2D eigenvalue weighted by Gasteiger charge is -2.31. The van der Waals surface area contributed by atoms with E-state index in [0.29, 0.717) is 11.4 Å². The van der Waals surface area contributed by atoms with E-state index in [2.05, 4.69) is 10.6 Å². The number of amides is 3. The lowest BCUT2D eigenvalue weighted by Crippen LogP contribution is -2.45. The number of para-hydroxylation sites is 1. The van der Waals surface area contributed by atoms with E-state index >= 15 is 0 Å². The number of nitrogens with one attached hydrogen (secondary N) is 2. The van der Waals surface area contributed by atoms with Crippen LogP contribution in [0.2, 0.25) is 0 Å². The van der Waals surface area contributed by atoms with Gasteiger partial charge in [0.05, 0.1) is 11.2 Å². The number of thioether (sulfide) groups is 1. The van der Waals surface area contributed by atoms with Crippen molar-refractivity contribution in [2.24, 2.45) is 5.73 Å². The molecule has 0 unspecified atom stereocenters. The van der Waals surface area contributed by atoms with E-state index in [-0.39, 0.29) is 24.2 Å². The molecule has 0 bridgehead atoms. The summed E-state index contributed by atoms with van der Waals surface area (Å²) < 4.78 is 13.3. The number of hydrogen-bond acceptors (Lipinski definition) is 3. The van der Waals surface area contributed by atoms with Crippen LogP contribution in [0.25, 0.3) is 0 Å². The average molecular weight is 402 g/mol. The molecule has 0 spiro atoms. The first-order valence-electron chi connectivity index (χ1n) is 9.34. The fourth-order valence-electron chi connectivity index (χ4n) is 3.56. The number of rotatable bonds is 7. The van der Waals surface area contributed by atoms with Gasteiger partial charge in [0.2, 0.25) is 5.91 Å². The lowest BCUT2D eigenvalue weighted by molar-refractivity contribution is -0.117. The van der Waals surface area contributed by atoms with Crippen molar-refractivity contribution in [3.8, 4) is 0 Å². The predicted molar refractivity (Wildman–Crippen MR) is 110 cm³/mol. The molecule has 5 nitrogen and oxygen atoms in total. The Morgan fingerprint density at radius 3 is 2.43 bits per heavy atom. The van der Waals surface area contributed by atoms with Gasteiger partial charge in [-0.25, -0.2) is 9.18 Å². The number of primary amides is 1. The normalized spacial score (nSPS) is 15.2. The first-order chi connectivity index (χ1) is 13.5. The average Bonchev–Trinajstić information content (AvgIpc) is 3.13. The van der Waals surface area contributed by atoms with Gasteiger partial charge in [0.25, 0.3) is 0 Å². The molecule has 3 amide bonds. The molecular weight excluding hydrogens is 377 g/mol. The standard InChI is InChI=1S/C21H24FN3O2S/c22-16-9-7-15(8-10-16)21(12-3-4-13-21)25-20(27)24-17-5-1-2-6-18(17)28-14-11-19(23)26/h1-2,5-10H,3-4,11-14H2,(H2,23,26)(H2,24,25,27). The second-order valence-corrected chi connectivity index (χ2v) is 8.07. The maximum Gasteiger partial charge on any atom is 0.319 e. The van der Waals surface area contributed by atoms with Crippen LogP contribution in [-0.4, -0.2) is 17.7 Å². The van der Waals surface area contributed by atoms with Gasteiger partial charge >= 0.3 is 6.03 Å². The maximum absolute atomic E-state index is 13.3. The molecular formula is C21H24FN3O2S. The van der Waals surface area contributed by atoms with Crippen LogP contribution in [0, 0.1) is 5.82 Å². The second kappa shape index (κ2) is 9.10. The van der Waals surface area contributed by atoms with Crippen LogP contribution in [0.3, 0.4) is 0 Å². The van der Waals surface area contributed by atoms with Crippen molar-refractivity contribution in [1.29, 1.82) is 0 Å². The molecule has 1 aliphatic carbocycles. The first-order valence-corrected chi connectivity index (χ1v) is 10.3. The Morgan fingerprint density at radius 1 is 1.07 bits per heavy atom. The van der Waals surface area contributed by atoms with Crippen molar-refractivity contribution < 1.29 is 14.0 Å². The molecule has 4 N–H and O–H groups in total. The summed E-state index contributed by atoms with van der Waals surface area (Å²) in [5, 5.41) is 6.04. The summed E-state index contributed by atoms with van der Waals surface area (Å²) in [6.07, 6.45) is 3.94. The summed E-state index contributed by atoms with van der Waals surface area (Å²) in [6.45, 7) is 0. The third kappa shape index (κ3) is 5.04.